The van der Waals surface area contributed by atoms with Gasteiger partial charge in [0.05, 0.1) is 18.2 Å². The van der Waals surface area contributed by atoms with Crippen molar-refractivity contribution < 1.29 is 19.4 Å². The number of Topliss-reactive ketones (excluding diaryl/α,β-unsaturated/α-hetero) is 1. The molecule has 0 aromatic heterocycles. The van der Waals surface area contributed by atoms with Gasteiger partial charge < -0.3 is 19.6 Å². The van der Waals surface area contributed by atoms with Gasteiger partial charge in [-0.15, -0.1) is 0 Å². The molecule has 1 saturated heterocycles. The molecular formula is C26H31ClN2O4. The Labute approximate surface area is 200 Å². The third kappa shape index (κ3) is 5.95. The van der Waals surface area contributed by atoms with Crippen LogP contribution >= 0.6 is 11.6 Å². The van der Waals surface area contributed by atoms with Crippen molar-refractivity contribution in [1.29, 1.82) is 0 Å². The number of carbonyl (C=O) groups is 2. The topological polar surface area (TPSA) is 70.1 Å². The third-order valence-electron chi connectivity index (χ3n) is 5.66. The summed E-state index contributed by atoms with van der Waals surface area (Å²) in [7, 11) is 3.81. The van der Waals surface area contributed by atoms with Crippen LogP contribution in [-0.4, -0.2) is 60.4 Å². The van der Waals surface area contributed by atoms with E-state index in [1.165, 1.54) is 4.90 Å². The maximum absolute atomic E-state index is 13.0. The van der Waals surface area contributed by atoms with Crippen molar-refractivity contribution >= 4 is 29.1 Å². The fourth-order valence-electron chi connectivity index (χ4n) is 3.82. The number of hydrogen-bond acceptors (Lipinski definition) is 5. The average molecular weight is 471 g/mol. The van der Waals surface area contributed by atoms with Crippen molar-refractivity contribution in [2.45, 2.75) is 32.2 Å². The van der Waals surface area contributed by atoms with E-state index in [0.29, 0.717) is 36.0 Å². The summed E-state index contributed by atoms with van der Waals surface area (Å²) in [5.74, 6) is -0.804. The van der Waals surface area contributed by atoms with Gasteiger partial charge in [0.2, 0.25) is 0 Å². The Morgan fingerprint density at radius 3 is 2.33 bits per heavy atom. The summed E-state index contributed by atoms with van der Waals surface area (Å²) in [5, 5.41) is 11.7. The van der Waals surface area contributed by atoms with Gasteiger partial charge in [0, 0.05) is 23.7 Å². The number of amides is 1. The zero-order valence-electron chi connectivity index (χ0n) is 19.4. The maximum atomic E-state index is 13.0. The van der Waals surface area contributed by atoms with Gasteiger partial charge in [-0.3, -0.25) is 9.59 Å². The molecule has 1 unspecified atom stereocenters. The van der Waals surface area contributed by atoms with Crippen LogP contribution in [-0.2, 0) is 9.59 Å². The van der Waals surface area contributed by atoms with E-state index >= 15 is 0 Å². The predicted molar refractivity (Wildman–Crippen MR) is 130 cm³/mol. The second-order valence-corrected chi connectivity index (χ2v) is 8.86. The fraction of sp³-hybridized carbons (Fsp3) is 0.385. The number of hydrogen-bond donors (Lipinski definition) is 1. The van der Waals surface area contributed by atoms with Gasteiger partial charge in [0.1, 0.15) is 11.5 Å². The molecule has 0 aliphatic carbocycles. The van der Waals surface area contributed by atoms with Gasteiger partial charge >= 0.3 is 0 Å². The summed E-state index contributed by atoms with van der Waals surface area (Å²) in [6.07, 6.45) is 3.21. The average Bonchev–Trinajstić information content (AvgIpc) is 3.05. The molecule has 1 atom stereocenters. The van der Waals surface area contributed by atoms with E-state index in [1.54, 1.807) is 48.5 Å². The molecule has 0 saturated carbocycles. The predicted octanol–water partition coefficient (Wildman–Crippen LogP) is 4.89. The molecule has 2 aromatic rings. The molecule has 1 fully saturated rings. The van der Waals surface area contributed by atoms with Crippen LogP contribution in [0.25, 0.3) is 5.76 Å². The highest BCUT2D eigenvalue weighted by Gasteiger charge is 2.45. The highest BCUT2D eigenvalue weighted by molar-refractivity contribution is 6.46. The summed E-state index contributed by atoms with van der Waals surface area (Å²) in [4.78, 5) is 29.4. The zero-order chi connectivity index (χ0) is 24.0. The number of benzene rings is 2. The minimum Gasteiger partial charge on any atom is -0.507 e. The first-order valence-electron chi connectivity index (χ1n) is 11.2. The normalized spacial score (nSPS) is 17.7. The van der Waals surface area contributed by atoms with Crippen molar-refractivity contribution in [3.05, 3.63) is 70.3 Å². The summed E-state index contributed by atoms with van der Waals surface area (Å²) in [6.45, 7) is 3.71. The minimum absolute atomic E-state index is 0.0812. The quantitative estimate of drug-likeness (QED) is 0.231. The number of halogens is 1. The van der Waals surface area contributed by atoms with Crippen molar-refractivity contribution in [1.82, 2.24) is 9.80 Å². The first kappa shape index (κ1) is 24.8. The number of unbranched alkanes of at least 4 members (excludes halogenated alkanes) is 2. The molecule has 1 N–H and O–H groups in total. The lowest BCUT2D eigenvalue weighted by atomic mass is 9.95. The van der Waals surface area contributed by atoms with E-state index in [2.05, 4.69) is 6.92 Å². The second kappa shape index (κ2) is 11.3. The fourth-order valence-corrected chi connectivity index (χ4v) is 3.94. The Kier molecular flexibility index (Phi) is 8.53. The van der Waals surface area contributed by atoms with Crippen LogP contribution in [0, 0.1) is 0 Å². The summed E-state index contributed by atoms with van der Waals surface area (Å²) < 4.78 is 5.74. The van der Waals surface area contributed by atoms with Crippen LogP contribution in [0.2, 0.25) is 5.02 Å². The highest BCUT2D eigenvalue weighted by Crippen LogP contribution is 2.39. The number of ketones is 1. The number of aliphatic hydroxyl groups excluding tert-OH is 1. The number of likely N-dealkylation sites (N-methyl/N-ethyl adjacent to an activating group) is 1. The number of nitrogens with zero attached hydrogens (tertiary/aromatic N) is 2. The van der Waals surface area contributed by atoms with Crippen LogP contribution in [0.5, 0.6) is 5.75 Å². The van der Waals surface area contributed by atoms with Crippen LogP contribution in [0.4, 0.5) is 0 Å². The van der Waals surface area contributed by atoms with Crippen molar-refractivity contribution in [2.75, 3.05) is 33.8 Å². The standard InChI is InChI=1S/C26H31ClN2O4/c1-4-5-6-17-33-21-13-9-19(10-14-21)24(30)22-23(18-7-11-20(27)12-8-18)29(16-15-28(2)3)26(32)25(22)31/h7-14,23,30H,4-6,15-17H2,1-3H3/b24-22-. The Morgan fingerprint density at radius 2 is 1.73 bits per heavy atom. The smallest absolute Gasteiger partial charge is 0.295 e. The molecule has 7 heteroatoms. The van der Waals surface area contributed by atoms with Gasteiger partial charge in [-0.25, -0.2) is 0 Å². The highest BCUT2D eigenvalue weighted by atomic mass is 35.5. The summed E-state index contributed by atoms with van der Waals surface area (Å²) in [6, 6.07) is 13.2. The Morgan fingerprint density at radius 1 is 1.06 bits per heavy atom. The molecule has 0 radical (unpaired) electrons. The van der Waals surface area contributed by atoms with E-state index in [4.69, 9.17) is 16.3 Å². The first-order chi connectivity index (χ1) is 15.8. The summed E-state index contributed by atoms with van der Waals surface area (Å²) >= 11 is 6.05. The zero-order valence-corrected chi connectivity index (χ0v) is 20.1. The Hall–Kier alpha value is -2.83. The Balaban J connectivity index is 1.95. The SMILES string of the molecule is CCCCCOc1ccc(/C(O)=C2/C(=O)C(=O)N(CCN(C)C)C2c2ccc(Cl)cc2)cc1. The molecule has 0 bridgehead atoms. The Bertz CT molecular complexity index is 1000. The van der Waals surface area contributed by atoms with Crippen LogP contribution in [0.1, 0.15) is 43.4 Å². The van der Waals surface area contributed by atoms with Crippen LogP contribution in [0.15, 0.2) is 54.1 Å². The van der Waals surface area contributed by atoms with Gasteiger partial charge in [0.15, 0.2) is 0 Å². The number of aliphatic hydroxyl groups is 1. The maximum Gasteiger partial charge on any atom is 0.295 e. The van der Waals surface area contributed by atoms with Crippen molar-refractivity contribution in [3.63, 3.8) is 0 Å². The molecule has 0 spiro atoms. The van der Waals surface area contributed by atoms with E-state index in [-0.39, 0.29) is 11.3 Å². The largest absolute Gasteiger partial charge is 0.507 e. The number of ether oxygens (including phenoxy) is 1. The van der Waals surface area contributed by atoms with Crippen molar-refractivity contribution in [3.8, 4) is 5.75 Å². The van der Waals surface area contributed by atoms with E-state index in [0.717, 1.165) is 24.8 Å². The molecule has 1 aliphatic heterocycles. The van der Waals surface area contributed by atoms with Crippen molar-refractivity contribution in [2.24, 2.45) is 0 Å². The molecule has 1 heterocycles. The van der Waals surface area contributed by atoms with Crippen LogP contribution < -0.4 is 4.74 Å². The molecule has 2 aromatic carbocycles. The molecule has 176 valence electrons. The van der Waals surface area contributed by atoms with Gasteiger partial charge in [-0.05, 0) is 62.5 Å². The lowest BCUT2D eigenvalue weighted by molar-refractivity contribution is -0.140. The number of rotatable bonds is 10. The molecule has 3 rings (SSSR count). The lowest BCUT2D eigenvalue weighted by Crippen LogP contribution is -2.35. The van der Waals surface area contributed by atoms with E-state index < -0.39 is 17.7 Å². The van der Waals surface area contributed by atoms with E-state index in [9.17, 15) is 14.7 Å². The number of likely N-dealkylation sites (tertiary alicyclic amines) is 1. The first-order valence-corrected chi connectivity index (χ1v) is 11.6. The molecular weight excluding hydrogens is 440 g/mol. The molecule has 33 heavy (non-hydrogen) atoms. The monoisotopic (exact) mass is 470 g/mol. The van der Waals surface area contributed by atoms with Gasteiger partial charge in [-0.2, -0.15) is 0 Å². The molecule has 6 nitrogen and oxygen atoms in total. The second-order valence-electron chi connectivity index (χ2n) is 8.43. The summed E-state index contributed by atoms with van der Waals surface area (Å²) in [5.41, 5.74) is 1.26. The van der Waals surface area contributed by atoms with E-state index in [1.807, 2.05) is 19.0 Å². The number of carbonyl (C=O) groups excluding carboxylic acids is 2. The molecule has 1 amide bonds. The lowest BCUT2D eigenvalue weighted by Gasteiger charge is -2.26. The van der Waals surface area contributed by atoms with Gasteiger partial charge in [0.25, 0.3) is 11.7 Å². The van der Waals surface area contributed by atoms with Crippen LogP contribution in [0.3, 0.4) is 0 Å². The minimum atomic E-state index is -0.689. The van der Waals surface area contributed by atoms with Gasteiger partial charge in [-0.1, -0.05) is 43.5 Å². The third-order valence-corrected chi connectivity index (χ3v) is 5.91. The molecule has 1 aliphatic rings.